The summed E-state index contributed by atoms with van der Waals surface area (Å²) in [6, 6.07) is 47.6. The van der Waals surface area contributed by atoms with Crippen LogP contribution in [0.25, 0.3) is 0 Å². The van der Waals surface area contributed by atoms with Gasteiger partial charge < -0.3 is 14.7 Å². The number of benzene rings is 7. The van der Waals surface area contributed by atoms with Crippen molar-refractivity contribution in [1.29, 1.82) is 0 Å². The van der Waals surface area contributed by atoms with Crippen molar-refractivity contribution in [3.05, 3.63) is 194 Å². The van der Waals surface area contributed by atoms with Crippen molar-refractivity contribution in [2.75, 3.05) is 14.7 Å². The van der Waals surface area contributed by atoms with Crippen LogP contribution < -0.4 is 14.7 Å². The van der Waals surface area contributed by atoms with Crippen molar-refractivity contribution in [2.24, 2.45) is 0 Å². The molecule has 3 heteroatoms. The fraction of sp³-hybridized carbons (Fsp3) is 0.222. The van der Waals surface area contributed by atoms with Gasteiger partial charge in [0.15, 0.2) is 0 Å². The van der Waals surface area contributed by atoms with E-state index in [1.54, 1.807) is 0 Å². The Labute approximate surface area is 341 Å². The molecule has 0 atom stereocenters. The molecule has 0 fully saturated rings. The molecule has 0 heterocycles. The summed E-state index contributed by atoms with van der Waals surface area (Å²) < 4.78 is 0. The zero-order valence-electron chi connectivity index (χ0n) is 36.0. The smallest absolute Gasteiger partial charge is 0.0562 e. The highest BCUT2D eigenvalue weighted by Gasteiger charge is 2.32. The first kappa shape index (κ1) is 39.2. The van der Waals surface area contributed by atoms with Gasteiger partial charge in [-0.3, -0.25) is 0 Å². The summed E-state index contributed by atoms with van der Waals surface area (Å²) in [4.78, 5) is 7.53. The van der Waals surface area contributed by atoms with Gasteiger partial charge in [0.05, 0.1) is 17.1 Å². The number of anilines is 9. The molecule has 288 valence electrons. The minimum absolute atomic E-state index is 1.13. The summed E-state index contributed by atoms with van der Waals surface area (Å²) in [6.07, 6.45) is 0. The molecule has 7 aromatic rings. The number of nitrogens with zero attached hydrogens (tertiary/aromatic N) is 3. The van der Waals surface area contributed by atoms with Gasteiger partial charge in [-0.1, -0.05) is 106 Å². The Morgan fingerprint density at radius 2 is 0.456 bits per heavy atom. The molecule has 0 aliphatic carbocycles. The Bertz CT molecular complexity index is 2270. The molecule has 0 radical (unpaired) electrons. The lowest BCUT2D eigenvalue weighted by Gasteiger charge is -2.39. The van der Waals surface area contributed by atoms with Gasteiger partial charge in [0, 0.05) is 34.1 Å². The molecule has 7 aromatic carbocycles. The van der Waals surface area contributed by atoms with Crippen LogP contribution in [0.4, 0.5) is 51.2 Å². The maximum atomic E-state index is 2.51. The van der Waals surface area contributed by atoms with E-state index in [4.69, 9.17) is 0 Å². The van der Waals surface area contributed by atoms with Crippen LogP contribution in [0, 0.1) is 83.1 Å². The second kappa shape index (κ2) is 15.8. The SMILES string of the molecule is Cc1ccc(N(c2ccc(C)cc2C)c2c(C)c(N(c3ccc(C)cc3)c3ccc(C)cc3C)c(C)c(N(c3ccc(C)cc3)c3ccc(C)cc3C)c2C)cc1. The van der Waals surface area contributed by atoms with E-state index in [2.05, 4.69) is 225 Å². The standard InChI is InChI=1S/C54H57N3/c1-34-13-22-46(23-14-34)55(49-28-19-37(4)31-40(49)7)52-43(10)53(56(47-24-15-35(2)16-25-47)50-29-20-38(5)32-41(50)8)45(12)54(44(52)11)57(48-26-17-36(3)18-27-48)51-30-21-39(6)33-42(51)9/h13-33H,1-12H3. The Morgan fingerprint density at radius 3 is 0.667 bits per heavy atom. The highest BCUT2D eigenvalue weighted by atomic mass is 15.2. The third-order valence-electron chi connectivity index (χ3n) is 11.5. The normalized spacial score (nSPS) is 11.2. The molecular weight excluding hydrogens is 691 g/mol. The molecule has 0 saturated heterocycles. The molecule has 0 saturated carbocycles. The second-order valence-electron chi connectivity index (χ2n) is 16.3. The molecule has 0 N–H and O–H groups in total. The summed E-state index contributed by atoms with van der Waals surface area (Å²) in [5.41, 5.74) is 25.2. The van der Waals surface area contributed by atoms with Gasteiger partial charge in [-0.2, -0.15) is 0 Å². The largest absolute Gasteiger partial charge is 0.310 e. The monoisotopic (exact) mass is 747 g/mol. The van der Waals surface area contributed by atoms with Crippen molar-refractivity contribution < 1.29 is 0 Å². The van der Waals surface area contributed by atoms with Crippen LogP contribution in [0.1, 0.15) is 66.8 Å². The number of hydrogen-bond acceptors (Lipinski definition) is 3. The fourth-order valence-electron chi connectivity index (χ4n) is 8.60. The fourth-order valence-corrected chi connectivity index (χ4v) is 8.60. The Hall–Kier alpha value is -6.06. The third-order valence-corrected chi connectivity index (χ3v) is 11.5. The van der Waals surface area contributed by atoms with Crippen LogP contribution >= 0.6 is 0 Å². The van der Waals surface area contributed by atoms with E-state index in [9.17, 15) is 0 Å². The van der Waals surface area contributed by atoms with Crippen molar-refractivity contribution in [1.82, 2.24) is 0 Å². The molecule has 7 rings (SSSR count). The zero-order valence-corrected chi connectivity index (χ0v) is 36.0. The summed E-state index contributed by atoms with van der Waals surface area (Å²) in [7, 11) is 0. The number of rotatable bonds is 9. The Morgan fingerprint density at radius 1 is 0.246 bits per heavy atom. The lowest BCUT2D eigenvalue weighted by atomic mass is 9.92. The minimum atomic E-state index is 1.13. The third kappa shape index (κ3) is 7.59. The van der Waals surface area contributed by atoms with Gasteiger partial charge in [0.2, 0.25) is 0 Å². The van der Waals surface area contributed by atoms with Crippen LogP contribution in [-0.4, -0.2) is 0 Å². The molecular formula is C54H57N3. The first-order valence-corrected chi connectivity index (χ1v) is 20.2. The van der Waals surface area contributed by atoms with E-state index in [1.165, 1.54) is 101 Å². The maximum Gasteiger partial charge on any atom is 0.0562 e. The molecule has 0 unspecified atom stereocenters. The van der Waals surface area contributed by atoms with Crippen LogP contribution in [0.5, 0.6) is 0 Å². The molecule has 57 heavy (non-hydrogen) atoms. The maximum absolute atomic E-state index is 2.51. The first-order valence-electron chi connectivity index (χ1n) is 20.2. The molecule has 3 nitrogen and oxygen atoms in total. The quantitative estimate of drug-likeness (QED) is 0.146. The minimum Gasteiger partial charge on any atom is -0.310 e. The van der Waals surface area contributed by atoms with Crippen molar-refractivity contribution >= 4 is 51.2 Å². The van der Waals surface area contributed by atoms with Crippen molar-refractivity contribution in [3.63, 3.8) is 0 Å². The zero-order chi connectivity index (χ0) is 40.7. The first-order chi connectivity index (χ1) is 27.2. The van der Waals surface area contributed by atoms with E-state index >= 15 is 0 Å². The number of hydrogen-bond donors (Lipinski definition) is 0. The van der Waals surface area contributed by atoms with Gasteiger partial charge in [-0.15, -0.1) is 0 Å². The summed E-state index contributed by atoms with van der Waals surface area (Å²) in [5, 5.41) is 0. The highest BCUT2D eigenvalue weighted by molar-refractivity contribution is 5.98. The summed E-state index contributed by atoms with van der Waals surface area (Å²) in [5.74, 6) is 0. The van der Waals surface area contributed by atoms with Crippen LogP contribution in [0.3, 0.4) is 0 Å². The van der Waals surface area contributed by atoms with E-state index < -0.39 is 0 Å². The molecule has 0 spiro atoms. The summed E-state index contributed by atoms with van der Waals surface area (Å²) in [6.45, 7) is 26.7. The molecule has 0 aliphatic rings. The van der Waals surface area contributed by atoms with Crippen molar-refractivity contribution in [3.8, 4) is 0 Å². The molecule has 0 aliphatic heterocycles. The van der Waals surface area contributed by atoms with E-state index in [-0.39, 0.29) is 0 Å². The van der Waals surface area contributed by atoms with Gasteiger partial charge >= 0.3 is 0 Å². The van der Waals surface area contributed by atoms with Crippen molar-refractivity contribution in [2.45, 2.75) is 83.1 Å². The lowest BCUT2D eigenvalue weighted by Crippen LogP contribution is -2.23. The average molecular weight is 748 g/mol. The Balaban J connectivity index is 1.69. The number of aryl methyl sites for hydroxylation is 9. The van der Waals surface area contributed by atoms with Crippen LogP contribution in [-0.2, 0) is 0 Å². The van der Waals surface area contributed by atoms with Gasteiger partial charge in [0.1, 0.15) is 0 Å². The van der Waals surface area contributed by atoms with Crippen LogP contribution in [0.2, 0.25) is 0 Å². The van der Waals surface area contributed by atoms with E-state index in [0.717, 1.165) is 17.1 Å². The second-order valence-corrected chi connectivity index (χ2v) is 16.3. The Kier molecular flexibility index (Phi) is 10.9. The van der Waals surface area contributed by atoms with E-state index in [0.29, 0.717) is 0 Å². The summed E-state index contributed by atoms with van der Waals surface area (Å²) >= 11 is 0. The molecule has 0 amide bonds. The predicted molar refractivity (Wildman–Crippen MR) is 247 cm³/mol. The topological polar surface area (TPSA) is 9.72 Å². The molecule has 0 aromatic heterocycles. The average Bonchev–Trinajstić information content (AvgIpc) is 3.16. The van der Waals surface area contributed by atoms with E-state index in [1.807, 2.05) is 0 Å². The lowest BCUT2D eigenvalue weighted by molar-refractivity contribution is 1.12. The van der Waals surface area contributed by atoms with Gasteiger partial charge in [-0.25, -0.2) is 0 Å². The highest BCUT2D eigenvalue weighted by Crippen LogP contribution is 2.54. The van der Waals surface area contributed by atoms with Gasteiger partial charge in [0.25, 0.3) is 0 Å². The molecule has 0 bridgehead atoms. The van der Waals surface area contributed by atoms with Crippen LogP contribution in [0.15, 0.2) is 127 Å². The predicted octanol–water partition coefficient (Wildman–Crippen LogP) is 15.8. The van der Waals surface area contributed by atoms with Gasteiger partial charge in [-0.05, 0) is 171 Å².